The molecule has 1 atom stereocenters. The lowest BCUT2D eigenvalue weighted by Gasteiger charge is -2.21. The van der Waals surface area contributed by atoms with Gasteiger partial charge in [0.1, 0.15) is 11.9 Å². The molecule has 0 spiro atoms. The van der Waals surface area contributed by atoms with E-state index in [0.29, 0.717) is 12.2 Å². The smallest absolute Gasteiger partial charge is 0.321 e. The Bertz CT molecular complexity index is 474. The Morgan fingerprint density at radius 3 is 2.89 bits per heavy atom. The van der Waals surface area contributed by atoms with Crippen LogP contribution in [-0.4, -0.2) is 28.9 Å². The molecule has 1 aliphatic rings. The number of aromatic nitrogens is 1. The van der Waals surface area contributed by atoms with Gasteiger partial charge in [0.25, 0.3) is 0 Å². The fourth-order valence-corrected chi connectivity index (χ4v) is 1.58. The molecule has 7 heteroatoms. The van der Waals surface area contributed by atoms with Crippen LogP contribution in [0.25, 0.3) is 0 Å². The van der Waals surface area contributed by atoms with E-state index in [4.69, 9.17) is 0 Å². The van der Waals surface area contributed by atoms with E-state index in [1.165, 1.54) is 0 Å². The highest BCUT2D eigenvalue weighted by atomic mass is 16.2. The summed E-state index contributed by atoms with van der Waals surface area (Å²) in [4.78, 5) is 37.8. The Hall–Kier alpha value is -2.44. The first kappa shape index (κ1) is 12.0. The molecule has 3 N–H and O–H groups in total. The highest BCUT2D eigenvalue weighted by molar-refractivity contribution is 6.02. The lowest BCUT2D eigenvalue weighted by atomic mass is 10.1. The molecule has 18 heavy (non-hydrogen) atoms. The summed E-state index contributed by atoms with van der Waals surface area (Å²) in [5.41, 5.74) is 0. The molecule has 94 valence electrons. The van der Waals surface area contributed by atoms with Gasteiger partial charge < -0.3 is 5.32 Å². The predicted molar refractivity (Wildman–Crippen MR) is 62.6 cm³/mol. The molecule has 1 aliphatic heterocycles. The van der Waals surface area contributed by atoms with Gasteiger partial charge in [0.05, 0.1) is 0 Å². The molecule has 2 rings (SSSR count). The molecule has 0 aliphatic carbocycles. The van der Waals surface area contributed by atoms with Crippen molar-refractivity contribution in [1.29, 1.82) is 0 Å². The average molecular weight is 248 g/mol. The maximum Gasteiger partial charge on any atom is 0.321 e. The van der Waals surface area contributed by atoms with E-state index < -0.39 is 18.0 Å². The maximum absolute atomic E-state index is 11.6. The Labute approximate surface area is 103 Å². The summed E-state index contributed by atoms with van der Waals surface area (Å²) in [6.07, 6.45) is 2.07. The molecule has 0 aromatic carbocycles. The summed E-state index contributed by atoms with van der Waals surface area (Å²) in [7, 11) is 0. The molecule has 7 nitrogen and oxygen atoms in total. The third kappa shape index (κ3) is 3.03. The van der Waals surface area contributed by atoms with Crippen molar-refractivity contribution in [3.8, 4) is 0 Å². The fourth-order valence-electron chi connectivity index (χ4n) is 1.58. The molecule has 0 saturated carbocycles. The van der Waals surface area contributed by atoms with Crippen LogP contribution in [-0.2, 0) is 9.59 Å². The summed E-state index contributed by atoms with van der Waals surface area (Å²) in [6, 6.07) is 3.87. The van der Waals surface area contributed by atoms with Crippen LogP contribution in [0.15, 0.2) is 24.4 Å². The zero-order chi connectivity index (χ0) is 13.0. The van der Waals surface area contributed by atoms with E-state index in [2.05, 4.69) is 20.9 Å². The third-order valence-corrected chi connectivity index (χ3v) is 2.45. The van der Waals surface area contributed by atoms with Gasteiger partial charge >= 0.3 is 6.03 Å². The van der Waals surface area contributed by atoms with Crippen LogP contribution in [0, 0.1) is 0 Å². The number of hydrogen-bond acceptors (Lipinski definition) is 4. The van der Waals surface area contributed by atoms with Gasteiger partial charge in [-0.3, -0.25) is 20.2 Å². The lowest BCUT2D eigenvalue weighted by molar-refractivity contribution is -0.134. The third-order valence-electron chi connectivity index (χ3n) is 2.45. The molecule has 1 aromatic heterocycles. The minimum absolute atomic E-state index is 0.222. The van der Waals surface area contributed by atoms with Crippen LogP contribution in [0.4, 0.5) is 10.6 Å². The van der Waals surface area contributed by atoms with E-state index in [1.807, 2.05) is 0 Å². The van der Waals surface area contributed by atoms with Crippen molar-refractivity contribution in [3.05, 3.63) is 24.4 Å². The summed E-state index contributed by atoms with van der Waals surface area (Å²) in [5.74, 6) is -0.409. The van der Waals surface area contributed by atoms with Gasteiger partial charge in [0, 0.05) is 12.6 Å². The molecule has 2 heterocycles. The van der Waals surface area contributed by atoms with E-state index >= 15 is 0 Å². The van der Waals surface area contributed by atoms with Crippen LogP contribution in [0.2, 0.25) is 0 Å². The van der Waals surface area contributed by atoms with Crippen molar-refractivity contribution in [2.24, 2.45) is 0 Å². The quantitative estimate of drug-likeness (QED) is 0.642. The number of carbonyl (C=O) groups excluding carboxylic acids is 3. The van der Waals surface area contributed by atoms with Crippen LogP contribution >= 0.6 is 0 Å². The minimum Gasteiger partial charge on any atom is -0.326 e. The average Bonchev–Trinajstić information content (AvgIpc) is 2.34. The van der Waals surface area contributed by atoms with Crippen LogP contribution in [0.5, 0.6) is 0 Å². The molecule has 0 radical (unpaired) electrons. The number of hydrogen-bond donors (Lipinski definition) is 3. The second-order valence-electron chi connectivity index (χ2n) is 3.82. The monoisotopic (exact) mass is 248 g/mol. The number of imide groups is 1. The molecular weight excluding hydrogens is 236 g/mol. The zero-order valence-corrected chi connectivity index (χ0v) is 9.47. The highest BCUT2D eigenvalue weighted by Gasteiger charge is 2.27. The Balaban J connectivity index is 1.88. The number of rotatable bonds is 2. The van der Waals surface area contributed by atoms with Gasteiger partial charge in [-0.15, -0.1) is 0 Å². The van der Waals surface area contributed by atoms with Gasteiger partial charge in [-0.2, -0.15) is 0 Å². The number of urea groups is 1. The second kappa shape index (κ2) is 5.26. The first-order valence-corrected chi connectivity index (χ1v) is 5.47. The number of anilines is 1. The normalized spacial score (nSPS) is 19.0. The molecule has 1 unspecified atom stereocenters. The topological polar surface area (TPSA) is 100 Å². The highest BCUT2D eigenvalue weighted by Crippen LogP contribution is 2.05. The Morgan fingerprint density at radius 2 is 2.22 bits per heavy atom. The predicted octanol–water partition coefficient (Wildman–Crippen LogP) is 0.00830. The largest absolute Gasteiger partial charge is 0.326 e. The van der Waals surface area contributed by atoms with Gasteiger partial charge in [-0.05, 0) is 18.6 Å². The van der Waals surface area contributed by atoms with Crippen molar-refractivity contribution >= 4 is 23.7 Å². The number of pyridine rings is 1. The Morgan fingerprint density at radius 1 is 1.39 bits per heavy atom. The molecule has 4 amide bonds. The summed E-state index contributed by atoms with van der Waals surface area (Å²) >= 11 is 0. The van der Waals surface area contributed by atoms with Crippen molar-refractivity contribution in [2.75, 3.05) is 5.32 Å². The standard InChI is InChI=1S/C11H12N4O3/c16-9-5-4-7(10(17)15-9)13-11(18)14-8-3-1-2-6-12-8/h1-3,6-7H,4-5H2,(H,15,16,17)(H2,12,13,14,18). The van der Waals surface area contributed by atoms with E-state index in [0.717, 1.165) is 0 Å². The molecular formula is C11H12N4O3. The molecule has 0 bridgehead atoms. The minimum atomic E-state index is -0.689. The van der Waals surface area contributed by atoms with Crippen LogP contribution in [0.3, 0.4) is 0 Å². The van der Waals surface area contributed by atoms with E-state index in [-0.39, 0.29) is 12.3 Å². The number of amides is 4. The lowest BCUT2D eigenvalue weighted by Crippen LogP contribution is -2.53. The van der Waals surface area contributed by atoms with Crippen molar-refractivity contribution in [2.45, 2.75) is 18.9 Å². The first-order chi connectivity index (χ1) is 8.65. The van der Waals surface area contributed by atoms with E-state index in [9.17, 15) is 14.4 Å². The molecule has 1 fully saturated rings. The number of nitrogens with zero attached hydrogens (tertiary/aromatic N) is 1. The van der Waals surface area contributed by atoms with Gasteiger partial charge in [0.15, 0.2) is 0 Å². The Kier molecular flexibility index (Phi) is 3.52. The number of nitrogens with one attached hydrogen (secondary N) is 3. The fraction of sp³-hybridized carbons (Fsp3) is 0.273. The van der Waals surface area contributed by atoms with Gasteiger partial charge in [0.2, 0.25) is 11.8 Å². The van der Waals surface area contributed by atoms with Gasteiger partial charge in [-0.25, -0.2) is 9.78 Å². The van der Waals surface area contributed by atoms with E-state index in [1.54, 1.807) is 24.4 Å². The molecule has 1 saturated heterocycles. The summed E-state index contributed by atoms with van der Waals surface area (Å²) in [5, 5.41) is 7.14. The summed E-state index contributed by atoms with van der Waals surface area (Å²) < 4.78 is 0. The van der Waals surface area contributed by atoms with Gasteiger partial charge in [-0.1, -0.05) is 6.07 Å². The maximum atomic E-state index is 11.6. The second-order valence-corrected chi connectivity index (χ2v) is 3.82. The number of carbonyl (C=O) groups is 3. The van der Waals surface area contributed by atoms with Crippen molar-refractivity contribution in [1.82, 2.24) is 15.6 Å². The van der Waals surface area contributed by atoms with Crippen molar-refractivity contribution in [3.63, 3.8) is 0 Å². The van der Waals surface area contributed by atoms with Crippen molar-refractivity contribution < 1.29 is 14.4 Å². The number of piperidine rings is 1. The first-order valence-electron chi connectivity index (χ1n) is 5.47. The summed E-state index contributed by atoms with van der Waals surface area (Å²) in [6.45, 7) is 0. The SMILES string of the molecule is O=C1CCC(NC(=O)Nc2ccccn2)C(=O)N1. The zero-order valence-electron chi connectivity index (χ0n) is 9.47. The van der Waals surface area contributed by atoms with Crippen LogP contribution < -0.4 is 16.0 Å². The molecule has 1 aromatic rings. The van der Waals surface area contributed by atoms with Crippen LogP contribution in [0.1, 0.15) is 12.8 Å².